The summed E-state index contributed by atoms with van der Waals surface area (Å²) in [5, 5.41) is 5.08. The third-order valence-electron chi connectivity index (χ3n) is 6.90. The third-order valence-corrected chi connectivity index (χ3v) is 7.19. The van der Waals surface area contributed by atoms with Crippen molar-refractivity contribution in [3.63, 3.8) is 0 Å². The van der Waals surface area contributed by atoms with Gasteiger partial charge in [-0.3, -0.25) is 19.3 Å². The van der Waals surface area contributed by atoms with E-state index < -0.39 is 22.7 Å². The standard InChI is InChI=1S/C27H33ClFN3O4/c1-16(2)17-9-7-8-10-19(17)27(14-32(15-27)26(3,4)13-23(33)36-6)25(35)31-22-12-21(29)20(28)11-18(22)24(34)30-5/h7-12,16H,13-15H2,1-6H3,(H,30,34)(H,31,35). The molecule has 1 saturated heterocycles. The summed E-state index contributed by atoms with van der Waals surface area (Å²) in [6.07, 6.45) is 0.163. The topological polar surface area (TPSA) is 87.7 Å². The van der Waals surface area contributed by atoms with Crippen LogP contribution in [0.2, 0.25) is 5.02 Å². The molecular formula is C27H33ClFN3O4. The normalized spacial score (nSPS) is 15.2. The molecule has 2 N–H and O–H groups in total. The maximum atomic E-state index is 14.4. The van der Waals surface area contributed by atoms with Crippen LogP contribution < -0.4 is 10.6 Å². The van der Waals surface area contributed by atoms with Gasteiger partial charge in [0.25, 0.3) is 5.91 Å². The second-order valence-electron chi connectivity index (χ2n) is 10.1. The molecule has 0 bridgehead atoms. The molecule has 0 spiro atoms. The third kappa shape index (κ3) is 5.25. The van der Waals surface area contributed by atoms with Crippen LogP contribution in [0.3, 0.4) is 0 Å². The van der Waals surface area contributed by atoms with E-state index in [0.29, 0.717) is 13.1 Å². The van der Waals surface area contributed by atoms with Crippen molar-refractivity contribution in [1.82, 2.24) is 10.2 Å². The van der Waals surface area contributed by atoms with E-state index in [0.717, 1.165) is 17.2 Å². The maximum Gasteiger partial charge on any atom is 0.307 e. The number of carbonyl (C=O) groups is 3. The van der Waals surface area contributed by atoms with Gasteiger partial charge in [-0.25, -0.2) is 4.39 Å². The largest absolute Gasteiger partial charge is 0.469 e. The zero-order valence-electron chi connectivity index (χ0n) is 21.5. The summed E-state index contributed by atoms with van der Waals surface area (Å²) in [6, 6.07) is 10.0. The molecule has 194 valence electrons. The molecule has 9 heteroatoms. The number of halogens is 2. The summed E-state index contributed by atoms with van der Waals surface area (Å²) in [6.45, 7) is 8.63. The molecule has 0 radical (unpaired) electrons. The van der Waals surface area contributed by atoms with Gasteiger partial charge >= 0.3 is 5.97 Å². The molecule has 3 rings (SSSR count). The van der Waals surface area contributed by atoms with Crippen molar-refractivity contribution in [3.05, 3.63) is 63.9 Å². The Bertz CT molecular complexity index is 1180. The van der Waals surface area contributed by atoms with Crippen LogP contribution in [-0.2, 0) is 19.7 Å². The lowest BCUT2D eigenvalue weighted by Crippen LogP contribution is -2.70. The Morgan fingerprint density at radius 2 is 1.83 bits per heavy atom. The molecule has 0 atom stereocenters. The number of benzene rings is 2. The first-order chi connectivity index (χ1) is 16.9. The number of ether oxygens (including phenoxy) is 1. The van der Waals surface area contributed by atoms with Crippen molar-refractivity contribution in [2.24, 2.45) is 0 Å². The number of amides is 2. The second-order valence-corrected chi connectivity index (χ2v) is 10.5. The molecule has 2 aromatic carbocycles. The van der Waals surface area contributed by atoms with Gasteiger partial charge in [0.05, 0.1) is 35.2 Å². The van der Waals surface area contributed by atoms with E-state index in [-0.39, 0.29) is 40.5 Å². The first-order valence-corrected chi connectivity index (χ1v) is 12.2. The first-order valence-electron chi connectivity index (χ1n) is 11.8. The summed E-state index contributed by atoms with van der Waals surface area (Å²) in [5.74, 6) is -1.80. The highest BCUT2D eigenvalue weighted by molar-refractivity contribution is 6.31. The van der Waals surface area contributed by atoms with Crippen LogP contribution in [0.5, 0.6) is 0 Å². The number of anilines is 1. The summed E-state index contributed by atoms with van der Waals surface area (Å²) in [7, 11) is 2.79. The molecule has 36 heavy (non-hydrogen) atoms. The van der Waals surface area contributed by atoms with E-state index in [4.69, 9.17) is 16.3 Å². The van der Waals surface area contributed by atoms with Crippen LogP contribution in [0.1, 0.15) is 61.5 Å². The fourth-order valence-electron chi connectivity index (χ4n) is 4.66. The predicted molar refractivity (Wildman–Crippen MR) is 138 cm³/mol. The first kappa shape index (κ1) is 27.6. The number of rotatable bonds is 8. The Balaban J connectivity index is 2.04. The van der Waals surface area contributed by atoms with Crippen molar-refractivity contribution in [2.75, 3.05) is 32.6 Å². The number of nitrogens with zero attached hydrogens (tertiary/aromatic N) is 1. The maximum absolute atomic E-state index is 14.4. The van der Waals surface area contributed by atoms with Crippen LogP contribution in [-0.4, -0.2) is 55.5 Å². The highest BCUT2D eigenvalue weighted by Crippen LogP contribution is 2.43. The lowest BCUT2D eigenvalue weighted by atomic mass is 9.68. The average Bonchev–Trinajstić information content (AvgIpc) is 2.79. The Kier molecular flexibility index (Phi) is 8.10. The number of hydrogen-bond donors (Lipinski definition) is 2. The van der Waals surface area contributed by atoms with Gasteiger partial charge in [0, 0.05) is 25.7 Å². The Morgan fingerprint density at radius 3 is 2.42 bits per heavy atom. The van der Waals surface area contributed by atoms with Gasteiger partial charge < -0.3 is 15.4 Å². The number of carbonyl (C=O) groups excluding carboxylic acids is 3. The van der Waals surface area contributed by atoms with Crippen LogP contribution in [0.4, 0.5) is 10.1 Å². The summed E-state index contributed by atoms with van der Waals surface area (Å²) >= 11 is 5.91. The molecule has 2 amide bonds. The van der Waals surface area contributed by atoms with Gasteiger partial charge in [-0.1, -0.05) is 49.7 Å². The van der Waals surface area contributed by atoms with Crippen molar-refractivity contribution >= 4 is 35.1 Å². The van der Waals surface area contributed by atoms with Crippen molar-refractivity contribution in [1.29, 1.82) is 0 Å². The quantitative estimate of drug-likeness (QED) is 0.503. The van der Waals surface area contributed by atoms with Gasteiger partial charge in [-0.2, -0.15) is 0 Å². The minimum absolute atomic E-state index is 0.0370. The summed E-state index contributed by atoms with van der Waals surface area (Å²) in [4.78, 5) is 40.5. The molecule has 1 fully saturated rings. The Morgan fingerprint density at radius 1 is 1.19 bits per heavy atom. The molecule has 1 heterocycles. The van der Waals surface area contributed by atoms with E-state index in [1.165, 1.54) is 20.2 Å². The van der Waals surface area contributed by atoms with Gasteiger partial charge in [0.2, 0.25) is 5.91 Å². The minimum Gasteiger partial charge on any atom is -0.469 e. The van der Waals surface area contributed by atoms with E-state index in [1.54, 1.807) is 0 Å². The zero-order chi connectivity index (χ0) is 26.8. The summed E-state index contributed by atoms with van der Waals surface area (Å²) < 4.78 is 19.2. The predicted octanol–water partition coefficient (Wildman–Crippen LogP) is 4.50. The Labute approximate surface area is 216 Å². The number of likely N-dealkylation sites (tertiary alicyclic amines) is 1. The van der Waals surface area contributed by atoms with Gasteiger partial charge in [0.1, 0.15) is 5.82 Å². The van der Waals surface area contributed by atoms with Crippen LogP contribution in [0.15, 0.2) is 36.4 Å². The molecular weight excluding hydrogens is 485 g/mol. The number of esters is 1. The van der Waals surface area contributed by atoms with E-state index in [2.05, 4.69) is 29.4 Å². The Hall–Kier alpha value is -2.97. The lowest BCUT2D eigenvalue weighted by molar-refractivity contribution is -0.146. The number of methoxy groups -OCH3 is 1. The monoisotopic (exact) mass is 517 g/mol. The van der Waals surface area contributed by atoms with Gasteiger partial charge in [-0.05, 0) is 43.0 Å². The van der Waals surface area contributed by atoms with Gasteiger partial charge in [-0.15, -0.1) is 0 Å². The van der Waals surface area contributed by atoms with E-state index in [9.17, 15) is 18.8 Å². The van der Waals surface area contributed by atoms with E-state index in [1.807, 2.05) is 38.1 Å². The molecule has 0 unspecified atom stereocenters. The SMILES string of the molecule is CNC(=O)c1cc(Cl)c(F)cc1NC(=O)C1(c2ccccc2C(C)C)CN(C(C)(C)CC(=O)OC)C1. The fourth-order valence-corrected chi connectivity index (χ4v) is 4.82. The molecule has 0 aliphatic carbocycles. The molecule has 7 nitrogen and oxygen atoms in total. The van der Waals surface area contributed by atoms with Crippen LogP contribution in [0, 0.1) is 5.82 Å². The highest BCUT2D eigenvalue weighted by atomic mass is 35.5. The zero-order valence-corrected chi connectivity index (χ0v) is 22.3. The average molecular weight is 518 g/mol. The van der Waals surface area contributed by atoms with Crippen molar-refractivity contribution in [2.45, 2.75) is 51.0 Å². The lowest BCUT2D eigenvalue weighted by Gasteiger charge is -2.56. The van der Waals surface area contributed by atoms with E-state index >= 15 is 0 Å². The van der Waals surface area contributed by atoms with Crippen LogP contribution in [0.25, 0.3) is 0 Å². The molecule has 0 aromatic heterocycles. The molecule has 0 saturated carbocycles. The molecule has 2 aromatic rings. The van der Waals surface area contributed by atoms with Crippen molar-refractivity contribution in [3.8, 4) is 0 Å². The number of nitrogens with one attached hydrogen (secondary N) is 2. The van der Waals surface area contributed by atoms with Crippen molar-refractivity contribution < 1.29 is 23.5 Å². The highest BCUT2D eigenvalue weighted by Gasteiger charge is 2.55. The van der Waals surface area contributed by atoms with Crippen LogP contribution >= 0.6 is 11.6 Å². The second kappa shape index (κ2) is 10.6. The minimum atomic E-state index is -0.982. The molecule has 1 aliphatic rings. The number of hydrogen-bond acceptors (Lipinski definition) is 5. The molecule has 1 aliphatic heterocycles. The smallest absolute Gasteiger partial charge is 0.307 e. The van der Waals surface area contributed by atoms with Gasteiger partial charge in [0.15, 0.2) is 0 Å². The summed E-state index contributed by atoms with van der Waals surface area (Å²) in [5.41, 5.74) is 0.445. The fraction of sp³-hybridized carbons (Fsp3) is 0.444.